The predicted molar refractivity (Wildman–Crippen MR) is 35.4 cm³/mol. The molecule has 0 heterocycles. The Morgan fingerprint density at radius 3 is 2.00 bits per heavy atom. The molecule has 0 aromatic heterocycles. The van der Waals surface area contributed by atoms with Crippen LogP contribution in [-0.2, 0) is 15.3 Å². The molecule has 0 aliphatic rings. The molecule has 0 saturated heterocycles. The van der Waals surface area contributed by atoms with Crippen molar-refractivity contribution in [1.29, 1.82) is 0 Å². The van der Waals surface area contributed by atoms with E-state index >= 15 is 0 Å². The van der Waals surface area contributed by atoms with Crippen LogP contribution >= 0.6 is 0 Å². The van der Waals surface area contributed by atoms with Gasteiger partial charge in [0, 0.05) is 6.42 Å². The maximum atomic E-state index is 12.3. The van der Waals surface area contributed by atoms with E-state index in [0.29, 0.717) is 0 Å². The fourth-order valence-corrected chi connectivity index (χ4v) is 0.722. The summed E-state index contributed by atoms with van der Waals surface area (Å²) >= 11 is -3.67. The number of hydrogen-bond acceptors (Lipinski definition) is 2. The van der Waals surface area contributed by atoms with Gasteiger partial charge >= 0.3 is 5.51 Å². The molecule has 1 unspecified atom stereocenters. The van der Waals surface area contributed by atoms with Crippen molar-refractivity contribution in [2.75, 3.05) is 6.61 Å². The fourth-order valence-electron chi connectivity index (χ4n) is 0.309. The number of alkyl halides is 5. The van der Waals surface area contributed by atoms with Gasteiger partial charge in [0.2, 0.25) is 0 Å². The highest BCUT2D eigenvalue weighted by Crippen LogP contribution is 2.24. The van der Waals surface area contributed by atoms with Crippen molar-refractivity contribution in [2.24, 2.45) is 0 Å². The third-order valence-corrected chi connectivity index (χ3v) is 1.79. The molecule has 80 valence electrons. The van der Waals surface area contributed by atoms with Gasteiger partial charge in [0.15, 0.2) is 0 Å². The van der Waals surface area contributed by atoms with Gasteiger partial charge in [-0.25, -0.2) is 13.0 Å². The van der Waals surface area contributed by atoms with Gasteiger partial charge < -0.3 is 0 Å². The van der Waals surface area contributed by atoms with Gasteiger partial charge in [0.05, 0.1) is 0 Å². The third kappa shape index (κ3) is 5.14. The topological polar surface area (TPSA) is 26.3 Å². The van der Waals surface area contributed by atoms with Crippen molar-refractivity contribution in [3.63, 3.8) is 0 Å². The Bertz CT molecular complexity index is 190. The van der Waals surface area contributed by atoms with Crippen LogP contribution in [0, 0.1) is 0 Å². The molecule has 0 N–H and O–H groups in total. The first-order valence-corrected chi connectivity index (χ1v) is 4.26. The van der Waals surface area contributed by atoms with E-state index in [0.717, 1.165) is 6.92 Å². The molecule has 1 atom stereocenters. The number of rotatable bonds is 4. The van der Waals surface area contributed by atoms with Gasteiger partial charge in [0.1, 0.15) is 6.61 Å². The van der Waals surface area contributed by atoms with Crippen LogP contribution in [0.4, 0.5) is 22.0 Å². The number of hydrogen-bond donors (Lipinski definition) is 0. The summed E-state index contributed by atoms with van der Waals surface area (Å²) in [5, 5.41) is 0. The van der Waals surface area contributed by atoms with Crippen molar-refractivity contribution < 1.29 is 30.3 Å². The average Bonchev–Trinajstić information content (AvgIpc) is 1.98. The van der Waals surface area contributed by atoms with Crippen LogP contribution in [0.5, 0.6) is 0 Å². The van der Waals surface area contributed by atoms with Gasteiger partial charge in [-0.15, -0.1) is 0 Å². The lowest BCUT2D eigenvalue weighted by Gasteiger charge is -2.13. The fraction of sp³-hybridized carbons (Fsp3) is 1.00. The van der Waals surface area contributed by atoms with Crippen molar-refractivity contribution in [3.8, 4) is 0 Å². The van der Waals surface area contributed by atoms with Crippen LogP contribution in [0.25, 0.3) is 0 Å². The molecule has 0 aromatic carbocycles. The highest BCUT2D eigenvalue weighted by atomic mass is 32.2. The molecule has 0 aliphatic heterocycles. The minimum absolute atomic E-state index is 0.665. The van der Waals surface area contributed by atoms with Crippen LogP contribution in [-0.4, -0.2) is 22.2 Å². The van der Waals surface area contributed by atoms with Gasteiger partial charge in [-0.2, -0.15) is 13.2 Å². The lowest BCUT2D eigenvalue weighted by atomic mass is 10.3. The number of halogens is 5. The molecule has 0 saturated carbocycles. The summed E-state index contributed by atoms with van der Waals surface area (Å²) < 4.78 is 72.4. The SMILES string of the molecule is CCC(F)(F)COS(=O)C(F)(F)F. The maximum absolute atomic E-state index is 12.3. The van der Waals surface area contributed by atoms with Gasteiger partial charge in [-0.05, 0) is 0 Å². The van der Waals surface area contributed by atoms with E-state index < -0.39 is 35.5 Å². The molecule has 0 aliphatic carbocycles. The second-order valence-electron chi connectivity index (χ2n) is 2.15. The zero-order valence-electron chi connectivity index (χ0n) is 6.53. The second-order valence-corrected chi connectivity index (χ2v) is 3.32. The normalized spacial score (nSPS) is 15.8. The first-order valence-electron chi connectivity index (χ1n) is 3.19. The maximum Gasteiger partial charge on any atom is 0.497 e. The van der Waals surface area contributed by atoms with E-state index in [1.54, 1.807) is 0 Å². The summed E-state index contributed by atoms with van der Waals surface area (Å²) in [4.78, 5) is 0. The Morgan fingerprint density at radius 1 is 1.23 bits per heavy atom. The monoisotopic (exact) mass is 226 g/mol. The van der Waals surface area contributed by atoms with Gasteiger partial charge in [-0.1, -0.05) is 6.92 Å². The lowest BCUT2D eigenvalue weighted by molar-refractivity contribution is -0.0661. The Kier molecular flexibility index (Phi) is 4.24. The summed E-state index contributed by atoms with van der Waals surface area (Å²) in [5.41, 5.74) is -5.11. The van der Waals surface area contributed by atoms with E-state index in [4.69, 9.17) is 0 Å². The first-order chi connectivity index (χ1) is 5.69. The Labute approximate surface area is 73.7 Å². The third-order valence-electron chi connectivity index (χ3n) is 1.08. The van der Waals surface area contributed by atoms with E-state index in [9.17, 15) is 26.2 Å². The molecule has 2 nitrogen and oxygen atoms in total. The molecule has 0 fully saturated rings. The summed E-state index contributed by atoms with van der Waals surface area (Å²) in [6.07, 6.45) is -0.665. The van der Waals surface area contributed by atoms with Crippen molar-refractivity contribution in [1.82, 2.24) is 0 Å². The summed E-state index contributed by atoms with van der Waals surface area (Å²) in [5.74, 6) is -3.37. The molecule has 0 rings (SSSR count). The highest BCUT2D eigenvalue weighted by Gasteiger charge is 2.40. The quantitative estimate of drug-likeness (QED) is 0.687. The van der Waals surface area contributed by atoms with Gasteiger partial charge in [-0.3, -0.25) is 4.18 Å². The van der Waals surface area contributed by atoms with E-state index in [-0.39, 0.29) is 0 Å². The van der Waals surface area contributed by atoms with Crippen LogP contribution in [0.3, 0.4) is 0 Å². The van der Waals surface area contributed by atoms with Crippen molar-refractivity contribution in [2.45, 2.75) is 24.8 Å². The Morgan fingerprint density at radius 2 is 1.69 bits per heavy atom. The molecule has 0 bridgehead atoms. The van der Waals surface area contributed by atoms with Crippen molar-refractivity contribution in [3.05, 3.63) is 0 Å². The molecule has 0 aromatic rings. The Hall–Kier alpha value is -0.240. The molecule has 8 heteroatoms. The highest BCUT2D eigenvalue weighted by molar-refractivity contribution is 7.81. The molecule has 0 spiro atoms. The molecular weight excluding hydrogens is 219 g/mol. The molecule has 0 radical (unpaired) electrons. The first kappa shape index (κ1) is 12.8. The molecule has 0 amide bonds. The van der Waals surface area contributed by atoms with E-state index in [1.807, 2.05) is 0 Å². The molecule has 13 heavy (non-hydrogen) atoms. The van der Waals surface area contributed by atoms with E-state index in [1.165, 1.54) is 0 Å². The smallest absolute Gasteiger partial charge is 0.277 e. The largest absolute Gasteiger partial charge is 0.497 e. The second kappa shape index (κ2) is 4.32. The standard InChI is InChI=1S/C5H7F5O2S/c1-2-4(6,7)3-12-13(11)5(8,9)10/h2-3H2,1H3. The van der Waals surface area contributed by atoms with Crippen LogP contribution in [0.1, 0.15) is 13.3 Å². The van der Waals surface area contributed by atoms with Crippen LogP contribution in [0.15, 0.2) is 0 Å². The van der Waals surface area contributed by atoms with Crippen LogP contribution in [0.2, 0.25) is 0 Å². The van der Waals surface area contributed by atoms with Crippen LogP contribution < -0.4 is 0 Å². The summed E-state index contributed by atoms with van der Waals surface area (Å²) in [7, 11) is 0. The molecular formula is C5H7F5O2S. The Balaban J connectivity index is 3.98. The summed E-state index contributed by atoms with van der Waals surface area (Å²) in [6, 6.07) is 0. The summed E-state index contributed by atoms with van der Waals surface area (Å²) in [6.45, 7) is -0.407. The van der Waals surface area contributed by atoms with Crippen molar-refractivity contribution >= 4 is 11.1 Å². The minimum Gasteiger partial charge on any atom is -0.277 e. The predicted octanol–water partition coefficient (Wildman–Crippen LogP) is 2.23. The zero-order valence-corrected chi connectivity index (χ0v) is 7.35. The zero-order chi connectivity index (χ0) is 10.7. The van der Waals surface area contributed by atoms with Gasteiger partial charge in [0.25, 0.3) is 17.0 Å². The average molecular weight is 226 g/mol. The van der Waals surface area contributed by atoms with E-state index in [2.05, 4.69) is 4.18 Å². The minimum atomic E-state index is -5.11. The lowest BCUT2D eigenvalue weighted by Crippen LogP contribution is -2.27.